The maximum Gasteiger partial charge on any atom is 0.303 e. The van der Waals surface area contributed by atoms with Crippen LogP contribution in [0.4, 0.5) is 10.1 Å². The summed E-state index contributed by atoms with van der Waals surface area (Å²) in [5, 5.41) is 2.99. The van der Waals surface area contributed by atoms with Crippen molar-refractivity contribution in [2.24, 2.45) is 5.92 Å². The smallest absolute Gasteiger partial charge is 0.303 e. The van der Waals surface area contributed by atoms with Gasteiger partial charge in [0.25, 0.3) is 0 Å². The number of halogens is 1. The van der Waals surface area contributed by atoms with E-state index in [0.717, 1.165) is 43.6 Å². The average Bonchev–Trinajstić information content (AvgIpc) is 2.79. The second kappa shape index (κ2) is 10.7. The summed E-state index contributed by atoms with van der Waals surface area (Å²) < 4.78 is 41.7. The summed E-state index contributed by atoms with van der Waals surface area (Å²) >= 11 is 0. The van der Waals surface area contributed by atoms with E-state index in [9.17, 15) is 17.6 Å². The minimum atomic E-state index is -3.79. The molecule has 2 saturated heterocycles. The molecule has 0 radical (unpaired) electrons. The Bertz CT molecular complexity index is 828. The molecule has 2 heterocycles. The van der Waals surface area contributed by atoms with Gasteiger partial charge in [-0.2, -0.15) is 12.7 Å². The number of nitrogens with one attached hydrogen (secondary N) is 1. The number of piperazine rings is 1. The zero-order valence-corrected chi connectivity index (χ0v) is 19.3. The molecular weight excluding hydrogens is 421 g/mol. The first-order valence-electron chi connectivity index (χ1n) is 11.0. The van der Waals surface area contributed by atoms with Gasteiger partial charge in [-0.15, -0.1) is 0 Å². The van der Waals surface area contributed by atoms with Crippen LogP contribution in [0.3, 0.4) is 0 Å². The van der Waals surface area contributed by atoms with Gasteiger partial charge in [0.2, 0.25) is 5.91 Å². The predicted octanol–water partition coefficient (Wildman–Crippen LogP) is 0.972. The number of anilines is 1. The van der Waals surface area contributed by atoms with Crippen LogP contribution in [0.15, 0.2) is 24.3 Å². The highest BCUT2D eigenvalue weighted by molar-refractivity contribution is 7.90. The van der Waals surface area contributed by atoms with Crippen molar-refractivity contribution in [1.29, 1.82) is 0 Å². The number of nitrogens with zero attached hydrogens (tertiary/aromatic N) is 4. The number of rotatable bonds is 8. The summed E-state index contributed by atoms with van der Waals surface area (Å²) in [5.41, 5.74) is 0.385. The predicted molar refractivity (Wildman–Crippen MR) is 120 cm³/mol. The van der Waals surface area contributed by atoms with Crippen molar-refractivity contribution < 1.29 is 17.6 Å². The molecule has 1 aromatic carbocycles. The van der Waals surface area contributed by atoms with Crippen molar-refractivity contribution in [3.8, 4) is 0 Å². The summed E-state index contributed by atoms with van der Waals surface area (Å²) in [5.74, 6) is -0.866. The minimum absolute atomic E-state index is 0.0865. The van der Waals surface area contributed by atoms with E-state index in [1.807, 2.05) is 0 Å². The van der Waals surface area contributed by atoms with Crippen molar-refractivity contribution in [3.05, 3.63) is 30.1 Å². The summed E-state index contributed by atoms with van der Waals surface area (Å²) in [6.07, 6.45) is 1.31. The second-order valence-corrected chi connectivity index (χ2v) is 10.2. The Morgan fingerprint density at radius 2 is 1.77 bits per heavy atom. The van der Waals surface area contributed by atoms with Gasteiger partial charge in [-0.3, -0.25) is 14.0 Å². The molecule has 0 aliphatic carbocycles. The molecule has 174 valence electrons. The van der Waals surface area contributed by atoms with Crippen LogP contribution in [0, 0.1) is 11.7 Å². The lowest BCUT2D eigenvalue weighted by molar-refractivity contribution is -0.126. The van der Waals surface area contributed by atoms with Crippen LogP contribution in [-0.4, -0.2) is 94.4 Å². The highest BCUT2D eigenvalue weighted by Gasteiger charge is 2.34. The Kier molecular flexibility index (Phi) is 8.26. The molecule has 1 atom stereocenters. The minimum Gasteiger partial charge on any atom is -0.355 e. The third-order valence-electron chi connectivity index (χ3n) is 6.26. The molecule has 0 bridgehead atoms. The molecule has 1 N–H and O–H groups in total. The van der Waals surface area contributed by atoms with Gasteiger partial charge >= 0.3 is 10.2 Å². The van der Waals surface area contributed by atoms with E-state index in [0.29, 0.717) is 31.6 Å². The quantitative estimate of drug-likeness (QED) is 0.632. The number of piperidine rings is 1. The van der Waals surface area contributed by atoms with Crippen LogP contribution in [0.5, 0.6) is 0 Å². The summed E-state index contributed by atoms with van der Waals surface area (Å²) in [6, 6.07) is 5.33. The second-order valence-electron chi connectivity index (χ2n) is 8.22. The van der Waals surface area contributed by atoms with E-state index < -0.39 is 16.0 Å². The number of carbonyl (C=O) groups is 1. The molecule has 1 aromatic rings. The fourth-order valence-corrected chi connectivity index (χ4v) is 5.60. The zero-order valence-electron chi connectivity index (χ0n) is 18.5. The Labute approximate surface area is 185 Å². The molecule has 1 amide bonds. The van der Waals surface area contributed by atoms with Crippen LogP contribution in [0.1, 0.15) is 19.8 Å². The third kappa shape index (κ3) is 6.15. The first kappa shape index (κ1) is 23.9. The number of carbonyl (C=O) groups excluding carboxylic acids is 1. The molecule has 2 aliphatic rings. The normalized spacial score (nSPS) is 21.7. The van der Waals surface area contributed by atoms with Gasteiger partial charge in [-0.1, -0.05) is 6.92 Å². The van der Waals surface area contributed by atoms with E-state index >= 15 is 0 Å². The number of hydrogen-bond donors (Lipinski definition) is 1. The molecule has 0 unspecified atom stereocenters. The molecule has 10 heteroatoms. The van der Waals surface area contributed by atoms with E-state index in [1.54, 1.807) is 0 Å². The monoisotopic (exact) mass is 455 g/mol. The highest BCUT2D eigenvalue weighted by Crippen LogP contribution is 2.24. The Morgan fingerprint density at radius 1 is 1.13 bits per heavy atom. The summed E-state index contributed by atoms with van der Waals surface area (Å²) in [7, 11) is -2.34. The third-order valence-corrected chi connectivity index (χ3v) is 8.14. The Hall–Kier alpha value is -1.75. The lowest BCUT2D eigenvalue weighted by Gasteiger charge is -2.35. The molecule has 8 nitrogen and oxygen atoms in total. The van der Waals surface area contributed by atoms with Crippen LogP contribution >= 0.6 is 0 Å². The Morgan fingerprint density at radius 3 is 2.42 bits per heavy atom. The molecule has 31 heavy (non-hydrogen) atoms. The number of benzene rings is 1. The van der Waals surface area contributed by atoms with Crippen molar-refractivity contribution in [2.45, 2.75) is 19.8 Å². The van der Waals surface area contributed by atoms with Crippen LogP contribution in [0.25, 0.3) is 0 Å². The first-order valence-corrected chi connectivity index (χ1v) is 12.4. The molecule has 0 saturated carbocycles. The van der Waals surface area contributed by atoms with Gasteiger partial charge in [-0.05, 0) is 43.7 Å². The molecule has 3 rings (SSSR count). The van der Waals surface area contributed by atoms with E-state index in [-0.39, 0.29) is 18.4 Å². The van der Waals surface area contributed by atoms with Gasteiger partial charge in [0.05, 0.1) is 11.6 Å². The number of hydrogen-bond acceptors (Lipinski definition) is 5. The van der Waals surface area contributed by atoms with Gasteiger partial charge in [0.1, 0.15) is 5.82 Å². The van der Waals surface area contributed by atoms with Crippen molar-refractivity contribution in [1.82, 2.24) is 19.4 Å². The van der Waals surface area contributed by atoms with E-state index in [1.165, 1.54) is 35.6 Å². The van der Waals surface area contributed by atoms with Gasteiger partial charge < -0.3 is 10.2 Å². The molecule has 0 spiro atoms. The average molecular weight is 456 g/mol. The van der Waals surface area contributed by atoms with Crippen LogP contribution < -0.4 is 9.62 Å². The van der Waals surface area contributed by atoms with E-state index in [2.05, 4.69) is 22.0 Å². The summed E-state index contributed by atoms with van der Waals surface area (Å²) in [6.45, 7) is 9.29. The summed E-state index contributed by atoms with van der Waals surface area (Å²) in [4.78, 5) is 17.4. The number of likely N-dealkylation sites (N-methyl/N-ethyl adjacent to an activating group) is 1. The van der Waals surface area contributed by atoms with Crippen LogP contribution in [-0.2, 0) is 15.0 Å². The van der Waals surface area contributed by atoms with Crippen molar-refractivity contribution >= 4 is 21.8 Å². The molecule has 2 aliphatic heterocycles. The molecular formula is C21H34FN5O3S. The molecule has 0 aromatic heterocycles. The van der Waals surface area contributed by atoms with Crippen molar-refractivity contribution in [3.63, 3.8) is 0 Å². The standard InChI is InChI=1S/C21H34FN5O3S/c1-3-25-13-15-26(16-14-25)12-10-23-21(28)18-5-4-11-27(17-18)31(29,30)24(2)20-8-6-19(22)7-9-20/h6-9,18H,3-5,10-17H2,1-2H3,(H,23,28)/t18-/m1/s1. The fourth-order valence-electron chi connectivity index (χ4n) is 4.13. The van der Waals surface area contributed by atoms with Gasteiger partial charge in [0.15, 0.2) is 0 Å². The Balaban J connectivity index is 1.50. The fraction of sp³-hybridized carbons (Fsp3) is 0.667. The van der Waals surface area contributed by atoms with Crippen molar-refractivity contribution in [2.75, 3.05) is 70.3 Å². The zero-order chi connectivity index (χ0) is 22.4. The SMILES string of the molecule is CCN1CCN(CCNC(=O)[C@@H]2CCCN(S(=O)(=O)N(C)c3ccc(F)cc3)C2)CC1. The van der Waals surface area contributed by atoms with E-state index in [4.69, 9.17) is 0 Å². The van der Waals surface area contributed by atoms with Gasteiger partial charge in [0, 0.05) is 59.4 Å². The lowest BCUT2D eigenvalue weighted by atomic mass is 9.99. The highest BCUT2D eigenvalue weighted by atomic mass is 32.2. The number of amides is 1. The maximum atomic E-state index is 13.2. The van der Waals surface area contributed by atoms with Gasteiger partial charge in [-0.25, -0.2) is 4.39 Å². The van der Waals surface area contributed by atoms with Crippen LogP contribution in [0.2, 0.25) is 0 Å². The first-order chi connectivity index (χ1) is 14.8. The maximum absolute atomic E-state index is 13.2. The topological polar surface area (TPSA) is 76.2 Å². The molecule has 2 fully saturated rings. The largest absolute Gasteiger partial charge is 0.355 e. The lowest BCUT2D eigenvalue weighted by Crippen LogP contribution is -2.51.